The maximum Gasteiger partial charge on any atom is 0.226 e. The number of anilines is 1. The van der Waals surface area contributed by atoms with Gasteiger partial charge in [-0.1, -0.05) is 19.1 Å². The quantitative estimate of drug-likeness (QED) is 0.770. The Hall–Kier alpha value is -1.71. The van der Waals surface area contributed by atoms with E-state index in [4.69, 9.17) is 10.5 Å². The number of para-hydroxylation sites is 2. The molecule has 0 aromatic heterocycles. The number of hydrogen-bond donors (Lipinski definition) is 1. The molecule has 0 radical (unpaired) electrons. The van der Waals surface area contributed by atoms with Gasteiger partial charge in [-0.25, -0.2) is 0 Å². The standard InChI is InChI=1S/C15H24N2O2/c1-4-12(3)17(5-2)15(18)10-11-19-14-9-7-6-8-13(14)16/h6-9,12H,4-5,10-11,16H2,1-3H3. The molecule has 0 fully saturated rings. The van der Waals surface area contributed by atoms with E-state index in [-0.39, 0.29) is 11.9 Å². The van der Waals surface area contributed by atoms with Crippen molar-refractivity contribution < 1.29 is 9.53 Å². The van der Waals surface area contributed by atoms with Crippen molar-refractivity contribution in [2.24, 2.45) is 0 Å². The minimum atomic E-state index is 0.131. The molecule has 1 rings (SSSR count). The predicted octanol–water partition coefficient (Wildman–Crippen LogP) is 2.68. The van der Waals surface area contributed by atoms with Crippen LogP contribution in [-0.4, -0.2) is 30.0 Å². The van der Waals surface area contributed by atoms with Crippen molar-refractivity contribution in [1.29, 1.82) is 0 Å². The van der Waals surface area contributed by atoms with Crippen molar-refractivity contribution >= 4 is 11.6 Å². The zero-order valence-electron chi connectivity index (χ0n) is 12.1. The SMILES string of the molecule is CCC(C)N(CC)C(=O)CCOc1ccccc1N. The van der Waals surface area contributed by atoms with Crippen LogP contribution in [0.25, 0.3) is 0 Å². The minimum absolute atomic E-state index is 0.131. The second kappa shape index (κ2) is 7.67. The molecule has 1 unspecified atom stereocenters. The third-order valence-corrected chi connectivity index (χ3v) is 3.28. The topological polar surface area (TPSA) is 55.6 Å². The highest BCUT2D eigenvalue weighted by molar-refractivity contribution is 5.76. The summed E-state index contributed by atoms with van der Waals surface area (Å²) in [6, 6.07) is 7.60. The summed E-state index contributed by atoms with van der Waals surface area (Å²) in [7, 11) is 0. The summed E-state index contributed by atoms with van der Waals surface area (Å²) in [5.74, 6) is 0.772. The van der Waals surface area contributed by atoms with Gasteiger partial charge in [0.05, 0.1) is 18.7 Å². The zero-order valence-corrected chi connectivity index (χ0v) is 12.1. The third-order valence-electron chi connectivity index (χ3n) is 3.28. The third kappa shape index (κ3) is 4.47. The van der Waals surface area contributed by atoms with E-state index in [0.717, 1.165) is 13.0 Å². The van der Waals surface area contributed by atoms with Crippen LogP contribution in [0.3, 0.4) is 0 Å². The fourth-order valence-electron chi connectivity index (χ4n) is 1.96. The van der Waals surface area contributed by atoms with E-state index in [9.17, 15) is 4.79 Å². The molecule has 0 saturated carbocycles. The van der Waals surface area contributed by atoms with E-state index in [1.807, 2.05) is 30.0 Å². The highest BCUT2D eigenvalue weighted by Crippen LogP contribution is 2.19. The summed E-state index contributed by atoms with van der Waals surface area (Å²) in [5, 5.41) is 0. The molecule has 19 heavy (non-hydrogen) atoms. The van der Waals surface area contributed by atoms with Crippen LogP contribution >= 0.6 is 0 Å². The van der Waals surface area contributed by atoms with Gasteiger partial charge in [0, 0.05) is 12.6 Å². The Kier molecular flexibility index (Phi) is 6.19. The second-order valence-corrected chi connectivity index (χ2v) is 4.57. The summed E-state index contributed by atoms with van der Waals surface area (Å²) >= 11 is 0. The Morgan fingerprint density at radius 1 is 1.37 bits per heavy atom. The van der Waals surface area contributed by atoms with E-state index in [0.29, 0.717) is 24.5 Å². The minimum Gasteiger partial charge on any atom is -0.491 e. The Morgan fingerprint density at radius 2 is 2.05 bits per heavy atom. The molecule has 1 aromatic carbocycles. The lowest BCUT2D eigenvalue weighted by atomic mass is 10.2. The van der Waals surface area contributed by atoms with Crippen LogP contribution in [0.4, 0.5) is 5.69 Å². The molecule has 4 nitrogen and oxygen atoms in total. The number of benzene rings is 1. The van der Waals surface area contributed by atoms with Crippen molar-refractivity contribution in [3.63, 3.8) is 0 Å². The number of hydrogen-bond acceptors (Lipinski definition) is 3. The van der Waals surface area contributed by atoms with Crippen LogP contribution in [0, 0.1) is 0 Å². The molecular formula is C15H24N2O2. The second-order valence-electron chi connectivity index (χ2n) is 4.57. The van der Waals surface area contributed by atoms with Gasteiger partial charge in [-0.3, -0.25) is 4.79 Å². The number of nitrogens with zero attached hydrogens (tertiary/aromatic N) is 1. The summed E-state index contributed by atoms with van der Waals surface area (Å²) in [5.41, 5.74) is 6.37. The normalized spacial score (nSPS) is 11.9. The van der Waals surface area contributed by atoms with Crippen molar-refractivity contribution in [2.75, 3.05) is 18.9 Å². The van der Waals surface area contributed by atoms with Crippen molar-refractivity contribution in [3.05, 3.63) is 24.3 Å². The maximum absolute atomic E-state index is 12.1. The molecule has 4 heteroatoms. The molecule has 0 bridgehead atoms. The van der Waals surface area contributed by atoms with E-state index in [1.54, 1.807) is 6.07 Å². The average Bonchev–Trinajstić information content (AvgIpc) is 2.41. The number of nitrogens with two attached hydrogens (primary N) is 1. The van der Waals surface area contributed by atoms with Gasteiger partial charge in [-0.15, -0.1) is 0 Å². The fraction of sp³-hybridized carbons (Fsp3) is 0.533. The van der Waals surface area contributed by atoms with Gasteiger partial charge >= 0.3 is 0 Å². The molecule has 1 atom stereocenters. The predicted molar refractivity (Wildman–Crippen MR) is 78.1 cm³/mol. The Morgan fingerprint density at radius 3 is 2.63 bits per heavy atom. The number of ether oxygens (including phenoxy) is 1. The first-order chi connectivity index (χ1) is 9.10. The lowest BCUT2D eigenvalue weighted by Gasteiger charge is -2.27. The van der Waals surface area contributed by atoms with Crippen LogP contribution in [-0.2, 0) is 4.79 Å². The molecule has 2 N–H and O–H groups in total. The van der Waals surface area contributed by atoms with Crippen LogP contribution in [0.5, 0.6) is 5.75 Å². The monoisotopic (exact) mass is 264 g/mol. The highest BCUT2D eigenvalue weighted by Gasteiger charge is 2.16. The summed E-state index contributed by atoms with van der Waals surface area (Å²) in [6.45, 7) is 7.25. The van der Waals surface area contributed by atoms with Gasteiger partial charge in [0.1, 0.15) is 5.75 Å². The molecule has 0 aliphatic carbocycles. The lowest BCUT2D eigenvalue weighted by Crippen LogP contribution is -2.38. The summed E-state index contributed by atoms with van der Waals surface area (Å²) < 4.78 is 5.54. The molecule has 0 spiro atoms. The van der Waals surface area contributed by atoms with Gasteiger partial charge in [-0.05, 0) is 32.4 Å². The molecule has 0 aliphatic rings. The number of amides is 1. The number of rotatable bonds is 7. The van der Waals surface area contributed by atoms with E-state index >= 15 is 0 Å². The molecular weight excluding hydrogens is 240 g/mol. The first kappa shape index (κ1) is 15.3. The van der Waals surface area contributed by atoms with Crippen LogP contribution in [0.15, 0.2) is 24.3 Å². The molecule has 106 valence electrons. The van der Waals surface area contributed by atoms with E-state index < -0.39 is 0 Å². The molecule has 1 amide bonds. The van der Waals surface area contributed by atoms with E-state index in [2.05, 4.69) is 13.8 Å². The van der Waals surface area contributed by atoms with Crippen LogP contribution < -0.4 is 10.5 Å². The molecule has 0 aliphatic heterocycles. The largest absolute Gasteiger partial charge is 0.491 e. The zero-order chi connectivity index (χ0) is 14.3. The van der Waals surface area contributed by atoms with Gasteiger partial charge in [0.15, 0.2) is 0 Å². The number of carbonyl (C=O) groups excluding carboxylic acids is 1. The summed E-state index contributed by atoms with van der Waals surface area (Å²) in [4.78, 5) is 14.0. The first-order valence-electron chi connectivity index (χ1n) is 6.86. The first-order valence-corrected chi connectivity index (χ1v) is 6.86. The Bertz CT molecular complexity index is 407. The van der Waals surface area contributed by atoms with Gasteiger partial charge in [-0.2, -0.15) is 0 Å². The van der Waals surface area contributed by atoms with Crippen molar-refractivity contribution in [2.45, 2.75) is 39.7 Å². The molecule has 1 aromatic rings. The van der Waals surface area contributed by atoms with Crippen molar-refractivity contribution in [1.82, 2.24) is 4.90 Å². The number of nitrogen functional groups attached to an aromatic ring is 1. The fourth-order valence-corrected chi connectivity index (χ4v) is 1.96. The van der Waals surface area contributed by atoms with Gasteiger partial charge < -0.3 is 15.4 Å². The van der Waals surface area contributed by atoms with E-state index in [1.165, 1.54) is 0 Å². The average molecular weight is 264 g/mol. The maximum atomic E-state index is 12.1. The van der Waals surface area contributed by atoms with Crippen molar-refractivity contribution in [3.8, 4) is 5.75 Å². The van der Waals surface area contributed by atoms with Crippen LogP contribution in [0.2, 0.25) is 0 Å². The lowest BCUT2D eigenvalue weighted by molar-refractivity contribution is -0.133. The van der Waals surface area contributed by atoms with Gasteiger partial charge in [0.2, 0.25) is 5.91 Å². The molecule has 0 saturated heterocycles. The smallest absolute Gasteiger partial charge is 0.226 e. The highest BCUT2D eigenvalue weighted by atomic mass is 16.5. The van der Waals surface area contributed by atoms with Crippen LogP contribution in [0.1, 0.15) is 33.6 Å². The Labute approximate surface area is 115 Å². The molecule has 0 heterocycles. The number of carbonyl (C=O) groups is 1. The summed E-state index contributed by atoms with van der Waals surface area (Å²) in [6.07, 6.45) is 1.35. The van der Waals surface area contributed by atoms with Gasteiger partial charge in [0.25, 0.3) is 0 Å². The Balaban J connectivity index is 2.44.